The van der Waals surface area contributed by atoms with Gasteiger partial charge in [-0.1, -0.05) is 58.2 Å². The number of furan rings is 1. The van der Waals surface area contributed by atoms with Gasteiger partial charge in [0, 0.05) is 17.6 Å². The Bertz CT molecular complexity index is 1280. The van der Waals surface area contributed by atoms with Crippen LogP contribution in [0.15, 0.2) is 75.9 Å². The van der Waals surface area contributed by atoms with Crippen molar-refractivity contribution in [3.8, 4) is 0 Å². The molecule has 34 heavy (non-hydrogen) atoms. The second-order valence-electron chi connectivity index (χ2n) is 7.71. The van der Waals surface area contributed by atoms with Crippen molar-refractivity contribution in [1.29, 1.82) is 0 Å². The van der Waals surface area contributed by atoms with Crippen molar-refractivity contribution in [2.75, 3.05) is 0 Å². The van der Waals surface area contributed by atoms with Crippen molar-refractivity contribution in [2.24, 2.45) is 0 Å². The summed E-state index contributed by atoms with van der Waals surface area (Å²) in [5.41, 5.74) is 2.52. The first-order valence-corrected chi connectivity index (χ1v) is 11.2. The monoisotopic (exact) mass is 497 g/mol. The largest absolute Gasteiger partial charge is 0.467 e. The van der Waals surface area contributed by atoms with Crippen LogP contribution in [0.3, 0.4) is 0 Å². The van der Waals surface area contributed by atoms with Gasteiger partial charge in [-0.3, -0.25) is 9.59 Å². The Morgan fingerprint density at radius 2 is 1.76 bits per heavy atom. The molecule has 2 aromatic carbocycles. The van der Waals surface area contributed by atoms with E-state index >= 15 is 0 Å². The minimum absolute atomic E-state index is 0.0523. The molecule has 0 unspecified atom stereocenters. The van der Waals surface area contributed by atoms with E-state index in [0.29, 0.717) is 23.1 Å². The van der Waals surface area contributed by atoms with Crippen molar-refractivity contribution < 1.29 is 18.5 Å². The number of aromatic nitrogens is 1. The molecule has 0 atom stereocenters. The lowest BCUT2D eigenvalue weighted by molar-refractivity contribution is 0.0700. The van der Waals surface area contributed by atoms with Crippen LogP contribution in [0.4, 0.5) is 0 Å². The topological polar surface area (TPSA) is 88.6 Å². The van der Waals surface area contributed by atoms with Gasteiger partial charge in [-0.15, -0.1) is 0 Å². The van der Waals surface area contributed by atoms with Crippen LogP contribution in [-0.4, -0.2) is 21.9 Å². The molecular weight excluding hydrogens is 477 g/mol. The standard InChI is InChI=1S/C25H21Cl2N3O4/c1-16-4-6-17(7-5-16)13-28-24(31)23-12-20(34-29-23)15-30(14-19-3-2-10-33-19)25(32)21-9-8-18(26)11-22(21)27/h2-12H,13-15H2,1H3,(H,28,31). The highest BCUT2D eigenvalue weighted by molar-refractivity contribution is 6.36. The average molecular weight is 498 g/mol. The van der Waals surface area contributed by atoms with Crippen LogP contribution in [0.2, 0.25) is 10.0 Å². The molecule has 2 heterocycles. The molecule has 1 N–H and O–H groups in total. The fourth-order valence-corrected chi connectivity index (χ4v) is 3.77. The number of rotatable bonds is 8. The minimum atomic E-state index is -0.375. The van der Waals surface area contributed by atoms with Gasteiger partial charge in [-0.05, 0) is 42.8 Å². The van der Waals surface area contributed by atoms with E-state index in [9.17, 15) is 9.59 Å². The Morgan fingerprint density at radius 3 is 2.47 bits per heavy atom. The van der Waals surface area contributed by atoms with Gasteiger partial charge in [0.2, 0.25) is 0 Å². The number of carbonyl (C=O) groups is 2. The number of nitrogens with one attached hydrogen (secondary N) is 1. The van der Waals surface area contributed by atoms with Crippen molar-refractivity contribution in [1.82, 2.24) is 15.4 Å². The molecule has 0 aliphatic heterocycles. The van der Waals surface area contributed by atoms with Gasteiger partial charge in [-0.2, -0.15) is 0 Å². The van der Waals surface area contributed by atoms with E-state index < -0.39 is 0 Å². The van der Waals surface area contributed by atoms with Crippen molar-refractivity contribution >= 4 is 35.0 Å². The van der Waals surface area contributed by atoms with Crippen molar-refractivity contribution in [3.05, 3.63) is 111 Å². The number of hydrogen-bond acceptors (Lipinski definition) is 5. The summed E-state index contributed by atoms with van der Waals surface area (Å²) >= 11 is 12.2. The predicted molar refractivity (Wildman–Crippen MR) is 128 cm³/mol. The molecule has 0 saturated heterocycles. The van der Waals surface area contributed by atoms with E-state index in [2.05, 4.69) is 10.5 Å². The summed E-state index contributed by atoms with van der Waals surface area (Å²) < 4.78 is 10.8. The lowest BCUT2D eigenvalue weighted by Crippen LogP contribution is -2.30. The number of nitrogens with zero attached hydrogens (tertiary/aromatic N) is 2. The highest BCUT2D eigenvalue weighted by Gasteiger charge is 2.23. The molecular formula is C25H21Cl2N3O4. The molecule has 0 spiro atoms. The minimum Gasteiger partial charge on any atom is -0.467 e. The molecule has 0 radical (unpaired) electrons. The van der Waals surface area contributed by atoms with Crippen molar-refractivity contribution in [3.63, 3.8) is 0 Å². The third-order valence-corrected chi connectivity index (χ3v) is 5.64. The third-order valence-electron chi connectivity index (χ3n) is 5.09. The van der Waals surface area contributed by atoms with Gasteiger partial charge in [0.15, 0.2) is 11.5 Å². The van der Waals surface area contributed by atoms with E-state index in [-0.39, 0.29) is 41.2 Å². The lowest BCUT2D eigenvalue weighted by atomic mass is 10.1. The van der Waals surface area contributed by atoms with Crippen LogP contribution in [0.1, 0.15) is 43.5 Å². The van der Waals surface area contributed by atoms with Crippen LogP contribution < -0.4 is 5.32 Å². The molecule has 2 aromatic heterocycles. The van der Waals surface area contributed by atoms with Gasteiger partial charge in [0.05, 0.1) is 29.9 Å². The first-order chi connectivity index (χ1) is 16.4. The molecule has 2 amide bonds. The Morgan fingerprint density at radius 1 is 1.00 bits per heavy atom. The molecule has 4 rings (SSSR count). The van der Waals surface area contributed by atoms with E-state index in [1.807, 2.05) is 31.2 Å². The summed E-state index contributed by atoms with van der Waals surface area (Å²) in [6.45, 7) is 2.58. The first kappa shape index (κ1) is 23.6. The number of benzene rings is 2. The molecule has 174 valence electrons. The Balaban J connectivity index is 1.47. The molecule has 0 aliphatic carbocycles. The van der Waals surface area contributed by atoms with Crippen LogP contribution >= 0.6 is 23.2 Å². The third kappa shape index (κ3) is 5.87. The molecule has 7 nitrogen and oxygen atoms in total. The zero-order chi connectivity index (χ0) is 24.1. The maximum absolute atomic E-state index is 13.2. The second kappa shape index (κ2) is 10.6. The number of carbonyl (C=O) groups excluding carboxylic acids is 2. The maximum atomic E-state index is 13.2. The molecule has 0 bridgehead atoms. The second-order valence-corrected chi connectivity index (χ2v) is 8.56. The highest BCUT2D eigenvalue weighted by atomic mass is 35.5. The van der Waals surface area contributed by atoms with Gasteiger partial charge in [0.25, 0.3) is 11.8 Å². The summed E-state index contributed by atoms with van der Waals surface area (Å²) in [5.74, 6) is 0.194. The number of halogens is 2. The molecule has 0 fully saturated rings. The SMILES string of the molecule is Cc1ccc(CNC(=O)c2cc(CN(Cc3ccco3)C(=O)c3ccc(Cl)cc3Cl)on2)cc1. The first-order valence-electron chi connectivity index (χ1n) is 10.4. The van der Waals surface area contributed by atoms with Crippen LogP contribution in [0.5, 0.6) is 0 Å². The zero-order valence-electron chi connectivity index (χ0n) is 18.3. The number of hydrogen-bond donors (Lipinski definition) is 1. The van der Waals surface area contributed by atoms with Gasteiger partial charge < -0.3 is 19.2 Å². The Hall–Kier alpha value is -3.55. The van der Waals surface area contributed by atoms with Crippen LogP contribution in [0.25, 0.3) is 0 Å². The summed E-state index contributed by atoms with van der Waals surface area (Å²) in [5, 5.41) is 7.33. The number of amides is 2. The number of aryl methyl sites for hydroxylation is 1. The fraction of sp³-hybridized carbons (Fsp3) is 0.160. The highest BCUT2D eigenvalue weighted by Crippen LogP contribution is 2.24. The summed E-state index contributed by atoms with van der Waals surface area (Å²) in [6, 6.07) is 17.5. The van der Waals surface area contributed by atoms with Crippen molar-refractivity contribution in [2.45, 2.75) is 26.6 Å². The van der Waals surface area contributed by atoms with E-state index in [0.717, 1.165) is 11.1 Å². The zero-order valence-corrected chi connectivity index (χ0v) is 19.8. The normalized spacial score (nSPS) is 10.8. The quantitative estimate of drug-likeness (QED) is 0.339. The summed E-state index contributed by atoms with van der Waals surface area (Å²) in [6.07, 6.45) is 1.53. The van der Waals surface area contributed by atoms with Gasteiger partial charge in [0.1, 0.15) is 5.76 Å². The maximum Gasteiger partial charge on any atom is 0.273 e. The molecule has 0 saturated carbocycles. The Kier molecular flexibility index (Phi) is 7.35. The van der Waals surface area contributed by atoms with Crippen LogP contribution in [0, 0.1) is 6.92 Å². The summed E-state index contributed by atoms with van der Waals surface area (Å²) in [7, 11) is 0. The predicted octanol–water partition coefficient (Wildman–Crippen LogP) is 5.66. The van der Waals surface area contributed by atoms with Gasteiger partial charge in [-0.25, -0.2) is 0 Å². The molecule has 9 heteroatoms. The fourth-order valence-electron chi connectivity index (χ4n) is 3.28. The van der Waals surface area contributed by atoms with E-state index in [1.54, 1.807) is 24.3 Å². The van der Waals surface area contributed by atoms with E-state index in [4.69, 9.17) is 32.1 Å². The van der Waals surface area contributed by atoms with E-state index in [1.165, 1.54) is 23.3 Å². The lowest BCUT2D eigenvalue weighted by Gasteiger charge is -2.21. The molecule has 4 aromatic rings. The van der Waals surface area contributed by atoms with Crippen LogP contribution in [-0.2, 0) is 19.6 Å². The van der Waals surface area contributed by atoms with Gasteiger partial charge >= 0.3 is 0 Å². The smallest absolute Gasteiger partial charge is 0.273 e. The average Bonchev–Trinajstić information content (AvgIpc) is 3.50. The Labute approximate surface area is 206 Å². The molecule has 0 aliphatic rings. The summed E-state index contributed by atoms with van der Waals surface area (Å²) in [4.78, 5) is 27.2.